The number of sulfone groups is 1. The highest BCUT2D eigenvalue weighted by molar-refractivity contribution is 7.92. The molecule has 0 aliphatic carbocycles. The minimum absolute atomic E-state index is 0.0587. The molecule has 1 aromatic heterocycles. The number of fused-ring (bicyclic) bond motifs is 1. The molecule has 3 rings (SSSR count). The molecule has 2 aromatic rings. The largest absolute Gasteiger partial charge is 0.444 e. The summed E-state index contributed by atoms with van der Waals surface area (Å²) in [5, 5.41) is -0.632. The van der Waals surface area contributed by atoms with Crippen molar-refractivity contribution in [3.05, 3.63) is 24.0 Å². The number of rotatable bonds is 6. The van der Waals surface area contributed by atoms with Crippen molar-refractivity contribution < 1.29 is 17.9 Å². The summed E-state index contributed by atoms with van der Waals surface area (Å²) in [5.41, 5.74) is 1.09. The van der Waals surface area contributed by atoms with Crippen LogP contribution in [0, 0.1) is 5.41 Å². The molecular weight excluding hydrogens is 440 g/mol. The Hall–Kier alpha value is -2.13. The predicted molar refractivity (Wildman–Crippen MR) is 130 cm³/mol. The van der Waals surface area contributed by atoms with E-state index in [1.54, 1.807) is 32.9 Å². The van der Waals surface area contributed by atoms with E-state index in [0.29, 0.717) is 5.52 Å². The molecular formula is C24H38N4O4S. The van der Waals surface area contributed by atoms with Crippen LogP contribution in [0.15, 0.2) is 23.1 Å². The number of benzene rings is 1. The van der Waals surface area contributed by atoms with Gasteiger partial charge < -0.3 is 19.1 Å². The van der Waals surface area contributed by atoms with E-state index in [-0.39, 0.29) is 23.4 Å². The molecule has 1 saturated heterocycles. The van der Waals surface area contributed by atoms with Crippen LogP contribution < -0.4 is 0 Å². The summed E-state index contributed by atoms with van der Waals surface area (Å²) in [6.45, 7) is 13.8. The van der Waals surface area contributed by atoms with Gasteiger partial charge in [-0.1, -0.05) is 20.8 Å². The fourth-order valence-electron chi connectivity index (χ4n) is 3.80. The number of hydrogen-bond donors (Lipinski definition) is 0. The summed E-state index contributed by atoms with van der Waals surface area (Å²) in [6, 6.07) is 5.21. The third kappa shape index (κ3) is 6.06. The normalized spacial score (nSPS) is 15.8. The second-order valence-corrected chi connectivity index (χ2v) is 13.7. The first-order chi connectivity index (χ1) is 15.1. The maximum Gasteiger partial charge on any atom is 0.410 e. The van der Waals surface area contributed by atoms with E-state index in [9.17, 15) is 13.2 Å². The molecule has 1 amide bonds. The van der Waals surface area contributed by atoms with Gasteiger partial charge >= 0.3 is 6.09 Å². The standard InChI is InChI=1S/C24H38N4O4S/c1-23(2,3)14-21-25-19-13-17(9-10-20(19)28(21)12-11-26(7)8)33(30,31)18-15-27(16-18)22(29)32-24(4,5)6/h9-10,13,18H,11-12,14-16H2,1-8H3. The van der Waals surface area contributed by atoms with Gasteiger partial charge in [-0.3, -0.25) is 0 Å². The van der Waals surface area contributed by atoms with Crippen molar-refractivity contribution in [1.82, 2.24) is 19.4 Å². The molecule has 0 unspecified atom stereocenters. The van der Waals surface area contributed by atoms with Crippen molar-refractivity contribution in [3.63, 3.8) is 0 Å². The molecule has 0 spiro atoms. The molecule has 1 fully saturated rings. The van der Waals surface area contributed by atoms with Crippen LogP contribution in [-0.4, -0.2) is 78.4 Å². The zero-order valence-electron chi connectivity index (χ0n) is 21.2. The van der Waals surface area contributed by atoms with Crippen molar-refractivity contribution in [1.29, 1.82) is 0 Å². The topological polar surface area (TPSA) is 84.7 Å². The Morgan fingerprint density at radius 1 is 1.15 bits per heavy atom. The highest BCUT2D eigenvalue weighted by Crippen LogP contribution is 2.29. The van der Waals surface area contributed by atoms with E-state index in [0.717, 1.165) is 30.9 Å². The summed E-state index contributed by atoms with van der Waals surface area (Å²) in [4.78, 5) is 20.8. The van der Waals surface area contributed by atoms with Crippen molar-refractivity contribution in [2.24, 2.45) is 5.41 Å². The van der Waals surface area contributed by atoms with E-state index in [2.05, 4.69) is 30.2 Å². The molecule has 0 bridgehead atoms. The van der Waals surface area contributed by atoms with Crippen LogP contribution in [0.1, 0.15) is 47.4 Å². The molecule has 0 radical (unpaired) electrons. The molecule has 8 nitrogen and oxygen atoms in total. The summed E-state index contributed by atoms with van der Waals surface area (Å²) in [5.74, 6) is 0.966. The van der Waals surface area contributed by atoms with Crippen LogP contribution in [0.4, 0.5) is 4.79 Å². The fraction of sp³-hybridized carbons (Fsp3) is 0.667. The second kappa shape index (κ2) is 8.91. The summed E-state index contributed by atoms with van der Waals surface area (Å²) >= 11 is 0. The number of carbonyl (C=O) groups excluding carboxylic acids is 1. The number of likely N-dealkylation sites (N-methyl/N-ethyl adjacent to an activating group) is 1. The van der Waals surface area contributed by atoms with Gasteiger partial charge in [-0.15, -0.1) is 0 Å². The van der Waals surface area contributed by atoms with Gasteiger partial charge in [-0.25, -0.2) is 18.2 Å². The number of aromatic nitrogens is 2. The van der Waals surface area contributed by atoms with Gasteiger partial charge in [0.15, 0.2) is 9.84 Å². The lowest BCUT2D eigenvalue weighted by Gasteiger charge is -2.39. The van der Waals surface area contributed by atoms with Crippen molar-refractivity contribution in [3.8, 4) is 0 Å². The lowest BCUT2D eigenvalue weighted by molar-refractivity contribution is 0.0139. The minimum atomic E-state index is -3.58. The number of carbonyl (C=O) groups is 1. The predicted octanol–water partition coefficient (Wildman–Crippen LogP) is 3.58. The number of imidazole rings is 1. The van der Waals surface area contributed by atoms with E-state index < -0.39 is 26.8 Å². The summed E-state index contributed by atoms with van der Waals surface area (Å²) in [6.07, 6.45) is 0.320. The first-order valence-electron chi connectivity index (χ1n) is 11.4. The van der Waals surface area contributed by atoms with Crippen molar-refractivity contribution >= 4 is 27.0 Å². The van der Waals surface area contributed by atoms with Crippen molar-refractivity contribution in [2.45, 2.75) is 70.3 Å². The molecule has 0 saturated carbocycles. The van der Waals surface area contributed by atoms with Crippen LogP contribution in [0.2, 0.25) is 0 Å². The fourth-order valence-corrected chi connectivity index (χ4v) is 5.47. The van der Waals surface area contributed by atoms with Crippen LogP contribution in [0.5, 0.6) is 0 Å². The molecule has 1 aliphatic rings. The average Bonchev–Trinajstić information content (AvgIpc) is 2.90. The van der Waals surface area contributed by atoms with Gasteiger partial charge in [0.05, 0.1) is 15.9 Å². The van der Waals surface area contributed by atoms with Crippen LogP contribution in [0.25, 0.3) is 11.0 Å². The molecule has 33 heavy (non-hydrogen) atoms. The van der Waals surface area contributed by atoms with Crippen LogP contribution in [-0.2, 0) is 27.5 Å². The number of amides is 1. The molecule has 9 heteroatoms. The lowest BCUT2D eigenvalue weighted by Crippen LogP contribution is -2.57. The highest BCUT2D eigenvalue weighted by atomic mass is 32.2. The zero-order valence-corrected chi connectivity index (χ0v) is 22.0. The first-order valence-corrected chi connectivity index (χ1v) is 13.0. The van der Waals surface area contributed by atoms with E-state index in [1.807, 2.05) is 20.2 Å². The molecule has 2 heterocycles. The van der Waals surface area contributed by atoms with E-state index in [1.165, 1.54) is 4.90 Å². The minimum Gasteiger partial charge on any atom is -0.444 e. The van der Waals surface area contributed by atoms with E-state index >= 15 is 0 Å². The number of ether oxygens (including phenoxy) is 1. The Kier molecular flexibility index (Phi) is 6.88. The average molecular weight is 479 g/mol. The maximum atomic E-state index is 13.2. The van der Waals surface area contributed by atoms with Gasteiger partial charge in [0.25, 0.3) is 0 Å². The smallest absolute Gasteiger partial charge is 0.410 e. The number of hydrogen-bond acceptors (Lipinski definition) is 6. The maximum absolute atomic E-state index is 13.2. The third-order valence-electron chi connectivity index (χ3n) is 5.53. The van der Waals surface area contributed by atoms with Gasteiger partial charge in [0, 0.05) is 32.6 Å². The first kappa shape index (κ1) is 25.5. The SMILES string of the molecule is CN(C)CCn1c(CC(C)(C)C)nc2cc(S(=O)(=O)C3CN(C(=O)OC(C)(C)C)C3)ccc21. The number of nitrogens with zero attached hydrogens (tertiary/aromatic N) is 4. The Balaban J connectivity index is 1.85. The van der Waals surface area contributed by atoms with Crippen LogP contribution >= 0.6 is 0 Å². The van der Waals surface area contributed by atoms with Gasteiger partial charge in [-0.2, -0.15) is 0 Å². The summed E-state index contributed by atoms with van der Waals surface area (Å²) < 4.78 is 34.0. The summed E-state index contributed by atoms with van der Waals surface area (Å²) in [7, 11) is 0.493. The Morgan fingerprint density at radius 3 is 2.33 bits per heavy atom. The zero-order chi connectivity index (χ0) is 24.8. The highest BCUT2D eigenvalue weighted by Gasteiger charge is 2.42. The molecule has 0 atom stereocenters. The monoisotopic (exact) mass is 478 g/mol. The molecule has 1 aromatic carbocycles. The van der Waals surface area contributed by atoms with Gasteiger partial charge in [0.2, 0.25) is 0 Å². The Labute approximate surface area is 197 Å². The molecule has 0 N–H and O–H groups in total. The third-order valence-corrected chi connectivity index (χ3v) is 7.61. The number of likely N-dealkylation sites (tertiary alicyclic amines) is 1. The van der Waals surface area contributed by atoms with Gasteiger partial charge in [-0.05, 0) is 58.5 Å². The van der Waals surface area contributed by atoms with Crippen molar-refractivity contribution in [2.75, 3.05) is 33.7 Å². The Morgan fingerprint density at radius 2 is 1.79 bits per heavy atom. The van der Waals surface area contributed by atoms with E-state index in [4.69, 9.17) is 9.72 Å². The quantitative estimate of drug-likeness (QED) is 0.631. The molecule has 184 valence electrons. The molecule has 1 aliphatic heterocycles. The van der Waals surface area contributed by atoms with Gasteiger partial charge in [0.1, 0.15) is 16.7 Å². The Bertz CT molecular complexity index is 1120. The second-order valence-electron chi connectivity index (χ2n) is 11.4. The van der Waals surface area contributed by atoms with Crippen LogP contribution in [0.3, 0.4) is 0 Å². The lowest BCUT2D eigenvalue weighted by atomic mass is 9.92.